The van der Waals surface area contributed by atoms with Gasteiger partial charge in [0.1, 0.15) is 0 Å². The Balaban J connectivity index is 1.34. The number of hydrogen-bond acceptors (Lipinski definition) is 3. The Morgan fingerprint density at radius 1 is 1.00 bits per heavy atom. The molecule has 1 aromatic rings. The van der Waals surface area contributed by atoms with Gasteiger partial charge in [-0.1, -0.05) is 24.1 Å². The van der Waals surface area contributed by atoms with Crippen LogP contribution in [0.15, 0.2) is 24.3 Å². The Morgan fingerprint density at radius 2 is 1.63 bits per heavy atom. The number of hydrogen-bond donors (Lipinski definition) is 1. The number of carbonyl (C=O) groups is 2. The van der Waals surface area contributed by atoms with Crippen LogP contribution in [-0.2, 0) is 4.79 Å². The number of amides is 2. The fraction of sp³-hybridized carbons (Fsp3) is 0.619. The van der Waals surface area contributed by atoms with Crippen molar-refractivity contribution < 1.29 is 9.59 Å². The number of nitrogens with two attached hydrogens (primary N) is 1. The van der Waals surface area contributed by atoms with Crippen LogP contribution in [-0.4, -0.2) is 53.8 Å². The molecule has 2 atom stereocenters. The molecule has 3 fully saturated rings. The van der Waals surface area contributed by atoms with Gasteiger partial charge < -0.3 is 15.5 Å². The van der Waals surface area contributed by atoms with Gasteiger partial charge in [-0.3, -0.25) is 9.59 Å². The van der Waals surface area contributed by atoms with E-state index < -0.39 is 0 Å². The summed E-state index contributed by atoms with van der Waals surface area (Å²) in [6, 6.07) is 7.33. The zero-order chi connectivity index (χ0) is 19.0. The van der Waals surface area contributed by atoms with E-state index in [0.29, 0.717) is 48.6 Å². The summed E-state index contributed by atoms with van der Waals surface area (Å²) in [6.45, 7) is 2.39. The summed E-state index contributed by atoms with van der Waals surface area (Å²) < 4.78 is 0. The summed E-state index contributed by atoms with van der Waals surface area (Å²) >= 11 is 6.00. The first-order chi connectivity index (χ1) is 13.0. The van der Waals surface area contributed by atoms with Crippen molar-refractivity contribution in [2.75, 3.05) is 26.2 Å². The molecule has 3 aliphatic rings. The summed E-state index contributed by atoms with van der Waals surface area (Å²) in [7, 11) is 0. The molecule has 1 heterocycles. The Bertz CT molecular complexity index is 703. The lowest BCUT2D eigenvalue weighted by atomic mass is 9.65. The zero-order valence-electron chi connectivity index (χ0n) is 15.6. The minimum atomic E-state index is -0.0113. The minimum Gasteiger partial charge on any atom is -0.339 e. The van der Waals surface area contributed by atoms with Crippen molar-refractivity contribution >= 4 is 23.4 Å². The fourth-order valence-corrected chi connectivity index (χ4v) is 5.37. The monoisotopic (exact) mass is 389 g/mol. The third-order valence-electron chi connectivity index (χ3n) is 6.71. The molecule has 2 bridgehead atoms. The number of carbonyl (C=O) groups excluding carboxylic acids is 2. The predicted octanol–water partition coefficient (Wildman–Crippen LogP) is 2.78. The summed E-state index contributed by atoms with van der Waals surface area (Å²) in [6.07, 6.45) is 5.48. The average Bonchev–Trinajstić information content (AvgIpc) is 2.67. The van der Waals surface area contributed by atoms with Gasteiger partial charge in [-0.15, -0.1) is 0 Å². The molecule has 0 spiro atoms. The van der Waals surface area contributed by atoms with Crippen LogP contribution in [0, 0.1) is 17.8 Å². The first kappa shape index (κ1) is 18.8. The lowest BCUT2D eigenvalue weighted by Gasteiger charge is -2.45. The number of fused-ring (bicyclic) bond motifs is 2. The third kappa shape index (κ3) is 3.85. The lowest BCUT2D eigenvalue weighted by molar-refractivity contribution is -0.140. The summed E-state index contributed by atoms with van der Waals surface area (Å²) in [5.41, 5.74) is 6.97. The molecule has 4 rings (SSSR count). The highest BCUT2D eigenvalue weighted by Gasteiger charge is 2.42. The van der Waals surface area contributed by atoms with Crippen LogP contribution in [0.4, 0.5) is 0 Å². The quantitative estimate of drug-likeness (QED) is 0.845. The summed E-state index contributed by atoms with van der Waals surface area (Å²) in [5, 5.41) is 0.565. The van der Waals surface area contributed by atoms with E-state index in [0.717, 1.165) is 12.8 Å². The third-order valence-corrected chi connectivity index (χ3v) is 6.95. The molecule has 2 amide bonds. The van der Waals surface area contributed by atoms with Crippen LogP contribution >= 0.6 is 11.6 Å². The van der Waals surface area contributed by atoms with Crippen molar-refractivity contribution in [3.05, 3.63) is 34.9 Å². The minimum absolute atomic E-state index is 0.0113. The maximum absolute atomic E-state index is 13.0. The maximum atomic E-state index is 13.0. The number of piperazine rings is 1. The molecule has 2 aliphatic carbocycles. The summed E-state index contributed by atoms with van der Waals surface area (Å²) in [5.74, 6) is 1.40. The Labute approximate surface area is 165 Å². The van der Waals surface area contributed by atoms with Gasteiger partial charge in [0.2, 0.25) is 5.91 Å². The normalized spacial score (nSPS) is 30.9. The SMILES string of the molecule is NC1C2CCCC1CC(C(=O)N1CCN(C(=O)c3cccc(Cl)c3)CC1)C2. The Hall–Kier alpha value is -1.59. The molecule has 1 aromatic carbocycles. The van der Waals surface area contributed by atoms with Gasteiger partial charge in [-0.05, 0) is 55.7 Å². The van der Waals surface area contributed by atoms with E-state index in [1.807, 2.05) is 9.80 Å². The highest BCUT2D eigenvalue weighted by molar-refractivity contribution is 6.30. The molecule has 1 saturated heterocycles. The van der Waals surface area contributed by atoms with Crippen LogP contribution in [0.2, 0.25) is 5.02 Å². The van der Waals surface area contributed by atoms with Gasteiger partial charge >= 0.3 is 0 Å². The van der Waals surface area contributed by atoms with Gasteiger partial charge in [0.15, 0.2) is 0 Å². The van der Waals surface area contributed by atoms with Gasteiger partial charge in [-0.2, -0.15) is 0 Å². The number of halogens is 1. The second kappa shape index (κ2) is 7.80. The molecule has 0 radical (unpaired) electrons. The summed E-state index contributed by atoms with van der Waals surface area (Å²) in [4.78, 5) is 29.5. The highest BCUT2D eigenvalue weighted by atomic mass is 35.5. The first-order valence-corrected chi connectivity index (χ1v) is 10.5. The van der Waals surface area contributed by atoms with Crippen molar-refractivity contribution in [1.82, 2.24) is 9.80 Å². The van der Waals surface area contributed by atoms with E-state index in [4.69, 9.17) is 17.3 Å². The van der Waals surface area contributed by atoms with E-state index in [1.54, 1.807) is 24.3 Å². The first-order valence-electron chi connectivity index (χ1n) is 10.1. The maximum Gasteiger partial charge on any atom is 0.254 e. The van der Waals surface area contributed by atoms with Crippen molar-refractivity contribution in [2.45, 2.75) is 38.1 Å². The standard InChI is InChI=1S/C21H28ClN3O2/c22-18-6-2-5-16(13-18)20(26)24-7-9-25(10-8-24)21(27)17-11-14-3-1-4-15(12-17)19(14)23/h2,5-6,13-15,17,19H,1,3-4,7-12,23H2. The van der Waals surface area contributed by atoms with Gasteiger partial charge in [-0.25, -0.2) is 0 Å². The van der Waals surface area contributed by atoms with E-state index in [-0.39, 0.29) is 23.8 Å². The average molecular weight is 390 g/mol. The van der Waals surface area contributed by atoms with Gasteiger partial charge in [0.05, 0.1) is 0 Å². The van der Waals surface area contributed by atoms with Gasteiger partial charge in [0.25, 0.3) is 5.91 Å². The molecule has 1 aliphatic heterocycles. The van der Waals surface area contributed by atoms with Crippen LogP contribution in [0.25, 0.3) is 0 Å². The number of nitrogens with zero attached hydrogens (tertiary/aromatic N) is 2. The molecular formula is C21H28ClN3O2. The molecule has 0 aromatic heterocycles. The van der Waals surface area contributed by atoms with Crippen LogP contribution < -0.4 is 5.73 Å². The molecule has 146 valence electrons. The van der Waals surface area contributed by atoms with E-state index in [2.05, 4.69) is 0 Å². The van der Waals surface area contributed by atoms with E-state index in [9.17, 15) is 9.59 Å². The molecule has 27 heavy (non-hydrogen) atoms. The largest absolute Gasteiger partial charge is 0.339 e. The van der Waals surface area contributed by atoms with E-state index in [1.165, 1.54) is 19.3 Å². The van der Waals surface area contributed by atoms with E-state index >= 15 is 0 Å². The topological polar surface area (TPSA) is 66.6 Å². The molecular weight excluding hydrogens is 362 g/mol. The highest BCUT2D eigenvalue weighted by Crippen LogP contribution is 2.42. The van der Waals surface area contributed by atoms with Crippen LogP contribution in [0.3, 0.4) is 0 Å². The molecule has 6 heteroatoms. The van der Waals surface area contributed by atoms with Crippen LogP contribution in [0.1, 0.15) is 42.5 Å². The molecule has 5 nitrogen and oxygen atoms in total. The number of benzene rings is 1. The fourth-order valence-electron chi connectivity index (χ4n) is 5.18. The molecule has 2 N–H and O–H groups in total. The van der Waals surface area contributed by atoms with Crippen molar-refractivity contribution in [1.29, 1.82) is 0 Å². The van der Waals surface area contributed by atoms with Crippen molar-refractivity contribution in [2.24, 2.45) is 23.5 Å². The lowest BCUT2D eigenvalue weighted by Crippen LogP contribution is -2.54. The molecule has 2 saturated carbocycles. The Kier molecular flexibility index (Phi) is 5.42. The predicted molar refractivity (Wildman–Crippen MR) is 105 cm³/mol. The Morgan fingerprint density at radius 3 is 2.26 bits per heavy atom. The van der Waals surface area contributed by atoms with Gasteiger partial charge in [0, 0.05) is 48.7 Å². The smallest absolute Gasteiger partial charge is 0.254 e. The second-order valence-electron chi connectivity index (χ2n) is 8.32. The van der Waals surface area contributed by atoms with Crippen molar-refractivity contribution in [3.8, 4) is 0 Å². The van der Waals surface area contributed by atoms with Crippen LogP contribution in [0.5, 0.6) is 0 Å². The zero-order valence-corrected chi connectivity index (χ0v) is 16.4. The number of rotatable bonds is 2. The second-order valence-corrected chi connectivity index (χ2v) is 8.76. The van der Waals surface area contributed by atoms with Crippen molar-refractivity contribution in [3.63, 3.8) is 0 Å². The molecule has 2 unspecified atom stereocenters.